The Labute approximate surface area is 250 Å². The Hall–Kier alpha value is -4.60. The van der Waals surface area contributed by atoms with Gasteiger partial charge < -0.3 is 14.5 Å². The van der Waals surface area contributed by atoms with Gasteiger partial charge in [-0.15, -0.1) is 0 Å². The van der Waals surface area contributed by atoms with Crippen molar-refractivity contribution in [2.75, 3.05) is 11.9 Å². The molecule has 0 fully saturated rings. The first-order chi connectivity index (χ1) is 20.5. The van der Waals surface area contributed by atoms with Gasteiger partial charge in [0.2, 0.25) is 0 Å². The molecule has 2 aromatic heterocycles. The molecular formula is C33H27N3O4S2. The zero-order valence-corrected chi connectivity index (χ0v) is 24.6. The fourth-order valence-electron chi connectivity index (χ4n) is 4.76. The van der Waals surface area contributed by atoms with E-state index in [2.05, 4.69) is 5.32 Å². The Morgan fingerprint density at radius 2 is 1.74 bits per heavy atom. The van der Waals surface area contributed by atoms with Gasteiger partial charge >= 0.3 is 0 Å². The van der Waals surface area contributed by atoms with Crippen molar-refractivity contribution >= 4 is 40.8 Å². The summed E-state index contributed by atoms with van der Waals surface area (Å²) in [5, 5.41) is 3.70. The zero-order valence-electron chi connectivity index (χ0n) is 22.9. The summed E-state index contributed by atoms with van der Waals surface area (Å²) in [6, 6.07) is 29.7. The van der Waals surface area contributed by atoms with Crippen LogP contribution < -0.4 is 24.9 Å². The van der Waals surface area contributed by atoms with Gasteiger partial charge in [-0.05, 0) is 67.9 Å². The van der Waals surface area contributed by atoms with Crippen LogP contribution in [0.4, 0.5) is 5.69 Å². The van der Waals surface area contributed by atoms with Crippen LogP contribution in [0.15, 0.2) is 133 Å². The van der Waals surface area contributed by atoms with Gasteiger partial charge in [-0.1, -0.05) is 71.6 Å². The molecule has 0 saturated carbocycles. The van der Waals surface area contributed by atoms with E-state index in [4.69, 9.17) is 14.1 Å². The molecule has 210 valence electrons. The minimum absolute atomic E-state index is 0.246. The van der Waals surface area contributed by atoms with E-state index in [0.29, 0.717) is 44.4 Å². The van der Waals surface area contributed by atoms with E-state index in [1.165, 1.54) is 23.1 Å². The second kappa shape index (κ2) is 12.1. The standard InChI is InChI=1S/C33H27N3O4S2/c1-3-39-24-16-14-22(15-17-24)30-29(31(37)35-23-10-6-4-7-11-23)21(2)34-33-36(30)32(38)27(42-33)20-25-18-19-28(40-25)41-26-12-8-5-9-13-26/h4-20,30H,3H2,1-2H3,(H,35,37)/b27-20+/t30-/m0/s1. The molecule has 1 aliphatic heterocycles. The molecular weight excluding hydrogens is 567 g/mol. The summed E-state index contributed by atoms with van der Waals surface area (Å²) in [7, 11) is 0. The van der Waals surface area contributed by atoms with Crippen molar-refractivity contribution in [1.82, 2.24) is 4.57 Å². The van der Waals surface area contributed by atoms with Crippen molar-refractivity contribution in [3.8, 4) is 5.75 Å². The highest BCUT2D eigenvalue weighted by Gasteiger charge is 2.32. The molecule has 0 saturated heterocycles. The molecule has 0 aliphatic carbocycles. The van der Waals surface area contributed by atoms with Crippen LogP contribution in [0.25, 0.3) is 6.08 Å². The number of nitrogens with one attached hydrogen (secondary N) is 1. The van der Waals surface area contributed by atoms with Gasteiger partial charge in [-0.25, -0.2) is 4.99 Å². The Morgan fingerprint density at radius 1 is 1.02 bits per heavy atom. The highest BCUT2D eigenvalue weighted by Crippen LogP contribution is 2.32. The number of ether oxygens (including phenoxy) is 1. The third-order valence-electron chi connectivity index (χ3n) is 6.64. The number of carbonyl (C=O) groups is 1. The second-order valence-electron chi connectivity index (χ2n) is 9.48. The molecule has 0 spiro atoms. The van der Waals surface area contributed by atoms with Crippen LogP contribution in [0.2, 0.25) is 0 Å². The van der Waals surface area contributed by atoms with E-state index in [1.807, 2.05) is 104 Å². The van der Waals surface area contributed by atoms with E-state index >= 15 is 0 Å². The zero-order chi connectivity index (χ0) is 29.1. The van der Waals surface area contributed by atoms with E-state index in [9.17, 15) is 9.59 Å². The minimum Gasteiger partial charge on any atom is -0.494 e. The predicted octanol–water partition coefficient (Wildman–Crippen LogP) is 6.02. The molecule has 6 rings (SSSR count). The van der Waals surface area contributed by atoms with Crippen molar-refractivity contribution in [2.45, 2.75) is 29.9 Å². The second-order valence-corrected chi connectivity index (χ2v) is 11.6. The molecule has 5 aromatic rings. The topological polar surface area (TPSA) is 85.8 Å². The maximum Gasteiger partial charge on any atom is 0.271 e. The number of para-hydroxylation sites is 1. The summed E-state index contributed by atoms with van der Waals surface area (Å²) < 4.78 is 13.7. The van der Waals surface area contributed by atoms with Crippen molar-refractivity contribution in [3.05, 3.63) is 139 Å². The third-order valence-corrected chi connectivity index (χ3v) is 8.55. The molecule has 9 heteroatoms. The highest BCUT2D eigenvalue weighted by atomic mass is 32.2. The lowest BCUT2D eigenvalue weighted by Crippen LogP contribution is -2.40. The molecule has 1 N–H and O–H groups in total. The fraction of sp³-hybridized carbons (Fsp3) is 0.121. The lowest BCUT2D eigenvalue weighted by Gasteiger charge is -2.25. The third kappa shape index (κ3) is 5.74. The van der Waals surface area contributed by atoms with E-state index in [0.717, 1.165) is 15.6 Å². The van der Waals surface area contributed by atoms with Crippen molar-refractivity contribution < 1.29 is 13.9 Å². The van der Waals surface area contributed by atoms with Crippen LogP contribution in [0.1, 0.15) is 31.2 Å². The molecule has 3 aromatic carbocycles. The number of thiazole rings is 1. The summed E-state index contributed by atoms with van der Waals surface area (Å²) in [5.41, 5.74) is 2.14. The number of nitrogens with zero attached hydrogens (tertiary/aromatic N) is 2. The van der Waals surface area contributed by atoms with E-state index in [1.54, 1.807) is 17.6 Å². The summed E-state index contributed by atoms with van der Waals surface area (Å²) >= 11 is 2.78. The average molecular weight is 594 g/mol. The predicted molar refractivity (Wildman–Crippen MR) is 166 cm³/mol. The van der Waals surface area contributed by atoms with Gasteiger partial charge in [0, 0.05) is 16.7 Å². The maximum atomic E-state index is 14.0. The smallest absolute Gasteiger partial charge is 0.271 e. The monoisotopic (exact) mass is 593 g/mol. The molecule has 0 radical (unpaired) electrons. The number of aromatic nitrogens is 1. The van der Waals surface area contributed by atoms with Crippen LogP contribution in [0.3, 0.4) is 0 Å². The number of benzene rings is 3. The summed E-state index contributed by atoms with van der Waals surface area (Å²) in [5.74, 6) is 0.963. The molecule has 0 unspecified atom stereocenters. The Bertz CT molecular complexity index is 1940. The molecule has 7 nitrogen and oxygen atoms in total. The van der Waals surface area contributed by atoms with Crippen LogP contribution >= 0.6 is 23.1 Å². The van der Waals surface area contributed by atoms with Gasteiger partial charge in [0.15, 0.2) is 9.89 Å². The summed E-state index contributed by atoms with van der Waals surface area (Å²) in [6.07, 6.45) is 1.73. The molecule has 1 aliphatic rings. The van der Waals surface area contributed by atoms with Crippen LogP contribution in [-0.4, -0.2) is 17.1 Å². The molecule has 1 atom stereocenters. The number of carbonyl (C=O) groups excluding carboxylic acids is 1. The lowest BCUT2D eigenvalue weighted by molar-refractivity contribution is -0.113. The first-order valence-electron chi connectivity index (χ1n) is 13.4. The van der Waals surface area contributed by atoms with Crippen molar-refractivity contribution in [2.24, 2.45) is 4.99 Å². The Kier molecular flexibility index (Phi) is 7.94. The first kappa shape index (κ1) is 27.6. The van der Waals surface area contributed by atoms with Gasteiger partial charge in [-0.3, -0.25) is 14.2 Å². The molecule has 42 heavy (non-hydrogen) atoms. The van der Waals surface area contributed by atoms with Gasteiger partial charge in [0.05, 0.1) is 28.5 Å². The SMILES string of the molecule is CCOc1ccc([C@H]2C(C(=O)Nc3ccccc3)=C(C)N=c3s/c(=C/c4ccc(Sc5ccccc5)o4)c(=O)n32)cc1. The maximum absolute atomic E-state index is 14.0. The fourth-order valence-corrected chi connectivity index (χ4v) is 6.59. The first-order valence-corrected chi connectivity index (χ1v) is 15.1. The van der Waals surface area contributed by atoms with Crippen LogP contribution in [-0.2, 0) is 4.79 Å². The number of hydrogen-bond donors (Lipinski definition) is 1. The normalized spacial score (nSPS) is 14.8. The number of rotatable bonds is 8. The van der Waals surface area contributed by atoms with Crippen molar-refractivity contribution in [3.63, 3.8) is 0 Å². The quantitative estimate of drug-likeness (QED) is 0.238. The van der Waals surface area contributed by atoms with Gasteiger partial charge in [0.25, 0.3) is 11.5 Å². The molecule has 3 heterocycles. The summed E-state index contributed by atoms with van der Waals surface area (Å²) in [4.78, 5) is 34.0. The number of fused-ring (bicyclic) bond motifs is 1. The Balaban J connectivity index is 1.41. The average Bonchev–Trinajstić information content (AvgIpc) is 3.57. The number of allylic oxidation sites excluding steroid dienone is 1. The van der Waals surface area contributed by atoms with Crippen LogP contribution in [0, 0.1) is 0 Å². The van der Waals surface area contributed by atoms with Gasteiger partial charge in [0.1, 0.15) is 11.5 Å². The van der Waals surface area contributed by atoms with Crippen LogP contribution in [0.5, 0.6) is 5.75 Å². The van der Waals surface area contributed by atoms with E-state index < -0.39 is 6.04 Å². The largest absolute Gasteiger partial charge is 0.494 e. The number of amides is 1. The number of furan rings is 1. The van der Waals surface area contributed by atoms with E-state index in [-0.39, 0.29) is 11.5 Å². The minimum atomic E-state index is -0.677. The molecule has 0 bridgehead atoms. The Morgan fingerprint density at radius 3 is 2.45 bits per heavy atom. The van der Waals surface area contributed by atoms with Gasteiger partial charge in [-0.2, -0.15) is 0 Å². The number of hydrogen-bond acceptors (Lipinski definition) is 7. The highest BCUT2D eigenvalue weighted by molar-refractivity contribution is 7.99. The number of anilines is 1. The van der Waals surface area contributed by atoms with Crippen molar-refractivity contribution in [1.29, 1.82) is 0 Å². The lowest BCUT2D eigenvalue weighted by atomic mass is 9.95. The molecule has 1 amide bonds. The summed E-state index contributed by atoms with van der Waals surface area (Å²) in [6.45, 7) is 4.27.